The predicted octanol–water partition coefficient (Wildman–Crippen LogP) is 4.37. The van der Waals surface area contributed by atoms with Gasteiger partial charge in [-0.3, -0.25) is 0 Å². The molecule has 6 aliphatic heterocycles. The van der Waals surface area contributed by atoms with E-state index in [4.69, 9.17) is 33.2 Å². The van der Waals surface area contributed by atoms with Gasteiger partial charge in [-0.15, -0.1) is 0 Å². The molecule has 0 aliphatic carbocycles. The number of aliphatic carboxylic acids is 1. The second-order valence-electron chi connectivity index (χ2n) is 18.4. The SMILES string of the molecule is COC1CC(CC2CCC(C)C(C(C)C(=O)[O-])O2)OC2(OC(C)(C3CCC(C)(C4OC(C5OC(O)(CO)C(C)CC5C)CC4C)O3)CC2C)C1C. The summed E-state index contributed by atoms with van der Waals surface area (Å²) in [6.45, 7) is 18.3. The highest BCUT2D eigenvalue weighted by molar-refractivity contribution is 5.67. The Morgan fingerprint density at radius 2 is 1.61 bits per heavy atom. The van der Waals surface area contributed by atoms with Gasteiger partial charge in [0.2, 0.25) is 0 Å². The van der Waals surface area contributed by atoms with E-state index in [1.807, 2.05) is 6.92 Å². The van der Waals surface area contributed by atoms with E-state index < -0.39 is 41.3 Å². The number of carboxylic acids is 1. The van der Waals surface area contributed by atoms with Crippen LogP contribution < -0.4 is 5.11 Å². The van der Waals surface area contributed by atoms with E-state index in [2.05, 4.69) is 48.5 Å². The zero-order valence-electron chi connectivity index (χ0n) is 32.8. The molecule has 0 aromatic heterocycles. The Morgan fingerprint density at radius 3 is 2.27 bits per heavy atom. The Balaban J connectivity index is 1.13. The molecule has 11 heteroatoms. The first-order chi connectivity index (χ1) is 23.9. The lowest BCUT2D eigenvalue weighted by molar-refractivity contribution is -0.353. The van der Waals surface area contributed by atoms with Gasteiger partial charge >= 0.3 is 0 Å². The Kier molecular flexibility index (Phi) is 11.4. The summed E-state index contributed by atoms with van der Waals surface area (Å²) in [7, 11) is 1.76. The van der Waals surface area contributed by atoms with Crippen LogP contribution in [0.1, 0.15) is 120 Å². The minimum Gasteiger partial charge on any atom is -0.550 e. The van der Waals surface area contributed by atoms with Crippen molar-refractivity contribution in [3.63, 3.8) is 0 Å². The molecule has 11 nitrogen and oxygen atoms in total. The van der Waals surface area contributed by atoms with Crippen molar-refractivity contribution >= 4 is 5.97 Å². The van der Waals surface area contributed by atoms with Crippen molar-refractivity contribution in [1.82, 2.24) is 0 Å². The van der Waals surface area contributed by atoms with Crippen LogP contribution in [-0.2, 0) is 38.0 Å². The first-order valence-electron chi connectivity index (χ1n) is 20.0. The summed E-state index contributed by atoms with van der Waals surface area (Å²) in [5, 5.41) is 32.7. The number of aliphatic hydroxyl groups excluding tert-OH is 1. The molecule has 0 aromatic rings. The van der Waals surface area contributed by atoms with Crippen LogP contribution in [0.2, 0.25) is 0 Å². The van der Waals surface area contributed by atoms with Gasteiger partial charge in [0.1, 0.15) is 0 Å². The van der Waals surface area contributed by atoms with Gasteiger partial charge in [-0.25, -0.2) is 0 Å². The van der Waals surface area contributed by atoms with E-state index >= 15 is 0 Å². The number of carboxylic acid groups (broad SMARTS) is 1. The van der Waals surface area contributed by atoms with Crippen LogP contribution in [0.4, 0.5) is 0 Å². The molecular formula is C40H67O11-. The number of methoxy groups -OCH3 is 1. The quantitative estimate of drug-likeness (QED) is 0.350. The third-order valence-corrected chi connectivity index (χ3v) is 14.4. The van der Waals surface area contributed by atoms with E-state index in [9.17, 15) is 20.1 Å². The minimum atomic E-state index is -1.55. The van der Waals surface area contributed by atoms with Crippen LogP contribution in [0.25, 0.3) is 0 Å². The molecular weight excluding hydrogens is 656 g/mol. The zero-order valence-corrected chi connectivity index (χ0v) is 32.8. The van der Waals surface area contributed by atoms with Gasteiger partial charge in [-0.1, -0.05) is 48.5 Å². The second kappa shape index (κ2) is 14.6. The molecule has 0 saturated carbocycles. The smallest absolute Gasteiger partial charge is 0.192 e. The molecule has 0 bridgehead atoms. The van der Waals surface area contributed by atoms with Crippen LogP contribution >= 0.6 is 0 Å². The Labute approximate surface area is 305 Å². The van der Waals surface area contributed by atoms with Crippen molar-refractivity contribution in [1.29, 1.82) is 0 Å². The monoisotopic (exact) mass is 723 g/mol. The topological polar surface area (TPSA) is 145 Å². The summed E-state index contributed by atoms with van der Waals surface area (Å²) in [4.78, 5) is 11.7. The molecule has 6 heterocycles. The van der Waals surface area contributed by atoms with Crippen molar-refractivity contribution in [2.75, 3.05) is 13.7 Å². The van der Waals surface area contributed by atoms with Crippen molar-refractivity contribution < 1.29 is 53.3 Å². The maximum Gasteiger partial charge on any atom is 0.192 e. The molecule has 6 saturated heterocycles. The molecule has 6 aliphatic rings. The van der Waals surface area contributed by atoms with Gasteiger partial charge in [-0.2, -0.15) is 0 Å². The molecule has 19 atom stereocenters. The van der Waals surface area contributed by atoms with E-state index in [0.717, 1.165) is 51.4 Å². The van der Waals surface area contributed by atoms with Crippen LogP contribution in [0.3, 0.4) is 0 Å². The number of hydrogen-bond donors (Lipinski definition) is 2. The molecule has 0 amide bonds. The van der Waals surface area contributed by atoms with Crippen LogP contribution in [-0.4, -0.2) is 102 Å². The third kappa shape index (κ3) is 7.19. The number of hydrogen-bond acceptors (Lipinski definition) is 11. The second-order valence-corrected chi connectivity index (χ2v) is 18.4. The summed E-state index contributed by atoms with van der Waals surface area (Å²) in [5.74, 6) is -3.70. The van der Waals surface area contributed by atoms with Crippen LogP contribution in [0.5, 0.6) is 0 Å². The number of aliphatic hydroxyl groups is 2. The lowest BCUT2D eigenvalue weighted by Gasteiger charge is -2.50. The maximum atomic E-state index is 11.7. The standard InChI is InChI=1S/C40H68O11/c1-21-11-12-28(46-33(21)26(6)36(42)43)17-29-18-30(45-10)27(7)40(48-29)25(5)19-38(9,51-40)32-13-14-37(8,49-32)35-23(3)16-31(47-35)34-22(2)15-24(4)39(44,20-41)50-34/h21-35,41,44H,11-20H2,1-10H3,(H,42,43)/p-1. The number of carbonyl (C=O) groups is 1. The Bertz CT molecular complexity index is 1230. The average molecular weight is 724 g/mol. The van der Waals surface area contributed by atoms with Crippen molar-refractivity contribution in [2.24, 2.45) is 41.4 Å². The van der Waals surface area contributed by atoms with E-state index in [-0.39, 0.29) is 84.3 Å². The summed E-state index contributed by atoms with van der Waals surface area (Å²) < 4.78 is 46.9. The highest BCUT2D eigenvalue weighted by Crippen LogP contribution is 2.57. The molecule has 294 valence electrons. The Morgan fingerprint density at radius 1 is 0.882 bits per heavy atom. The highest BCUT2D eigenvalue weighted by Gasteiger charge is 2.65. The molecule has 0 aromatic carbocycles. The number of rotatable bonds is 9. The molecule has 51 heavy (non-hydrogen) atoms. The molecule has 19 unspecified atom stereocenters. The molecule has 6 rings (SSSR count). The van der Waals surface area contributed by atoms with Gasteiger partial charge in [0.15, 0.2) is 11.6 Å². The Hall–Kier alpha value is -0.890. The van der Waals surface area contributed by atoms with Crippen molar-refractivity contribution in [2.45, 2.75) is 192 Å². The van der Waals surface area contributed by atoms with E-state index in [1.54, 1.807) is 14.0 Å². The normalized spacial score (nSPS) is 54.2. The third-order valence-electron chi connectivity index (χ3n) is 14.4. The van der Waals surface area contributed by atoms with Gasteiger partial charge in [0.05, 0.1) is 66.6 Å². The molecule has 2 N–H and O–H groups in total. The van der Waals surface area contributed by atoms with Gasteiger partial charge in [0, 0.05) is 49.6 Å². The summed E-state index contributed by atoms with van der Waals surface area (Å²) in [5.41, 5.74) is -1.11. The van der Waals surface area contributed by atoms with Crippen molar-refractivity contribution in [3.8, 4) is 0 Å². The van der Waals surface area contributed by atoms with Crippen molar-refractivity contribution in [3.05, 3.63) is 0 Å². The summed E-state index contributed by atoms with van der Waals surface area (Å²) in [6, 6.07) is 0. The molecule has 0 radical (unpaired) electrons. The van der Waals surface area contributed by atoms with Gasteiger partial charge in [0.25, 0.3) is 0 Å². The van der Waals surface area contributed by atoms with E-state index in [1.165, 1.54) is 0 Å². The largest absolute Gasteiger partial charge is 0.550 e. The number of ether oxygens (including phenoxy) is 7. The summed E-state index contributed by atoms with van der Waals surface area (Å²) >= 11 is 0. The first-order valence-corrected chi connectivity index (χ1v) is 20.0. The zero-order chi connectivity index (χ0) is 37.3. The lowest BCUT2D eigenvalue weighted by atomic mass is 9.78. The summed E-state index contributed by atoms with van der Waals surface area (Å²) in [6.07, 6.45) is 5.62. The van der Waals surface area contributed by atoms with Gasteiger partial charge in [-0.05, 0) is 76.5 Å². The first kappa shape index (κ1) is 39.8. The fourth-order valence-corrected chi connectivity index (χ4v) is 11.3. The fraction of sp³-hybridized carbons (Fsp3) is 0.975. The fourth-order valence-electron chi connectivity index (χ4n) is 11.3. The molecule has 6 fully saturated rings. The van der Waals surface area contributed by atoms with Gasteiger partial charge < -0.3 is 53.3 Å². The van der Waals surface area contributed by atoms with E-state index in [0.29, 0.717) is 6.42 Å². The lowest BCUT2D eigenvalue weighted by Crippen LogP contribution is -2.58. The number of carbonyl (C=O) groups excluding carboxylic acids is 1. The predicted molar refractivity (Wildman–Crippen MR) is 186 cm³/mol. The van der Waals surface area contributed by atoms with Crippen LogP contribution in [0, 0.1) is 41.4 Å². The molecule has 1 spiro atoms. The minimum absolute atomic E-state index is 0.0155. The average Bonchev–Trinajstić information content (AvgIpc) is 3.75. The van der Waals surface area contributed by atoms with Crippen LogP contribution in [0.15, 0.2) is 0 Å². The maximum absolute atomic E-state index is 11.7. The highest BCUT2D eigenvalue weighted by atomic mass is 16.7.